The summed E-state index contributed by atoms with van der Waals surface area (Å²) in [6, 6.07) is 3.95. The summed E-state index contributed by atoms with van der Waals surface area (Å²) in [5.41, 5.74) is 0.729. The molecule has 0 aromatic heterocycles. The number of benzene rings is 1. The third-order valence-corrected chi connectivity index (χ3v) is 6.57. The predicted octanol–water partition coefficient (Wildman–Crippen LogP) is 2.89. The molecule has 1 aliphatic rings. The zero-order valence-electron chi connectivity index (χ0n) is 11.4. The lowest BCUT2D eigenvalue weighted by atomic mass is 10.0. The van der Waals surface area contributed by atoms with Crippen molar-refractivity contribution in [1.82, 2.24) is 5.32 Å². The van der Waals surface area contributed by atoms with Crippen LogP contribution in [-0.2, 0) is 16.4 Å². The molecular formula is C13H17Br2NO3S. The molecule has 1 aliphatic heterocycles. The van der Waals surface area contributed by atoms with Crippen LogP contribution in [0.5, 0.6) is 5.75 Å². The number of nitrogens with one attached hydrogen (secondary N) is 1. The molecule has 1 fully saturated rings. The molecule has 0 bridgehead atoms. The first-order chi connectivity index (χ1) is 9.25. The van der Waals surface area contributed by atoms with Crippen molar-refractivity contribution in [3.63, 3.8) is 0 Å². The highest BCUT2D eigenvalue weighted by atomic mass is 79.9. The third kappa shape index (κ3) is 3.75. The van der Waals surface area contributed by atoms with E-state index in [1.807, 2.05) is 19.1 Å². The van der Waals surface area contributed by atoms with Crippen molar-refractivity contribution in [3.8, 4) is 5.75 Å². The molecule has 1 aromatic rings. The summed E-state index contributed by atoms with van der Waals surface area (Å²) in [4.78, 5) is 0. The van der Waals surface area contributed by atoms with E-state index in [2.05, 4.69) is 37.2 Å². The molecule has 0 saturated carbocycles. The predicted molar refractivity (Wildman–Crippen MR) is 86.9 cm³/mol. The summed E-state index contributed by atoms with van der Waals surface area (Å²) in [5.74, 6) is 1.23. The van der Waals surface area contributed by atoms with E-state index < -0.39 is 9.84 Å². The van der Waals surface area contributed by atoms with Gasteiger partial charge in [-0.2, -0.15) is 0 Å². The van der Waals surface area contributed by atoms with E-state index in [4.69, 9.17) is 4.74 Å². The van der Waals surface area contributed by atoms with Gasteiger partial charge >= 0.3 is 0 Å². The standard InChI is InChI=1S/C13H17Br2NO3S/c1-13(3-4-20(17,18)8-13)16-7-9-5-10(14)12(19-2)11(15)6-9/h5-6,16H,3-4,7-8H2,1-2H3. The zero-order valence-corrected chi connectivity index (χ0v) is 15.4. The number of ether oxygens (including phenoxy) is 1. The van der Waals surface area contributed by atoms with Crippen LogP contribution < -0.4 is 10.1 Å². The van der Waals surface area contributed by atoms with E-state index in [-0.39, 0.29) is 17.0 Å². The van der Waals surface area contributed by atoms with Crippen LogP contribution in [0.1, 0.15) is 18.9 Å². The summed E-state index contributed by atoms with van der Waals surface area (Å²) in [6.07, 6.45) is 0.661. The van der Waals surface area contributed by atoms with Gasteiger partial charge in [0, 0.05) is 12.1 Å². The molecule has 112 valence electrons. The van der Waals surface area contributed by atoms with E-state index in [1.165, 1.54) is 0 Å². The summed E-state index contributed by atoms with van der Waals surface area (Å²) in [5, 5.41) is 3.36. The van der Waals surface area contributed by atoms with Gasteiger partial charge in [-0.25, -0.2) is 8.42 Å². The molecule has 1 N–H and O–H groups in total. The highest BCUT2D eigenvalue weighted by molar-refractivity contribution is 9.11. The number of hydrogen-bond donors (Lipinski definition) is 1. The van der Waals surface area contributed by atoms with Crippen LogP contribution in [0.2, 0.25) is 0 Å². The van der Waals surface area contributed by atoms with E-state index in [1.54, 1.807) is 7.11 Å². The van der Waals surface area contributed by atoms with Crippen LogP contribution >= 0.6 is 31.9 Å². The van der Waals surface area contributed by atoms with E-state index >= 15 is 0 Å². The fourth-order valence-corrected chi connectivity index (χ4v) is 6.10. The SMILES string of the molecule is COc1c(Br)cc(CNC2(C)CCS(=O)(=O)C2)cc1Br. The van der Waals surface area contributed by atoms with Crippen molar-refractivity contribution in [2.24, 2.45) is 0 Å². The van der Waals surface area contributed by atoms with Crippen molar-refractivity contribution in [1.29, 1.82) is 0 Å². The normalized spacial score (nSPS) is 24.8. The molecule has 7 heteroatoms. The fourth-order valence-electron chi connectivity index (χ4n) is 2.37. The van der Waals surface area contributed by atoms with E-state index in [0.717, 1.165) is 20.3 Å². The highest BCUT2D eigenvalue weighted by Crippen LogP contribution is 2.34. The lowest BCUT2D eigenvalue weighted by molar-refractivity contribution is 0.394. The first-order valence-corrected chi connectivity index (χ1v) is 9.63. The Morgan fingerprint density at radius 3 is 2.40 bits per heavy atom. The Kier molecular flexibility index (Phi) is 4.83. The van der Waals surface area contributed by atoms with Crippen LogP contribution in [0.3, 0.4) is 0 Å². The van der Waals surface area contributed by atoms with Crippen molar-refractivity contribution in [3.05, 3.63) is 26.6 Å². The second kappa shape index (κ2) is 5.94. The Balaban J connectivity index is 2.09. The minimum absolute atomic E-state index is 0.207. The quantitative estimate of drug-likeness (QED) is 0.804. The number of halogens is 2. The maximum Gasteiger partial charge on any atom is 0.152 e. The van der Waals surface area contributed by atoms with Crippen LogP contribution in [0, 0.1) is 0 Å². The van der Waals surface area contributed by atoms with Crippen LogP contribution in [0.15, 0.2) is 21.1 Å². The fraction of sp³-hybridized carbons (Fsp3) is 0.538. The minimum Gasteiger partial charge on any atom is -0.494 e. The molecule has 2 rings (SSSR count). The summed E-state index contributed by atoms with van der Waals surface area (Å²) < 4.78 is 30.2. The monoisotopic (exact) mass is 425 g/mol. The van der Waals surface area contributed by atoms with E-state index in [9.17, 15) is 8.42 Å². The topological polar surface area (TPSA) is 55.4 Å². The van der Waals surface area contributed by atoms with Crippen LogP contribution in [0.4, 0.5) is 0 Å². The zero-order chi connectivity index (χ0) is 15.0. The van der Waals surface area contributed by atoms with Crippen LogP contribution in [-0.4, -0.2) is 32.6 Å². The average Bonchev–Trinajstić information content (AvgIpc) is 2.62. The number of hydrogen-bond acceptors (Lipinski definition) is 4. The molecule has 1 heterocycles. The third-order valence-electron chi connectivity index (χ3n) is 3.48. The highest BCUT2D eigenvalue weighted by Gasteiger charge is 2.37. The first kappa shape index (κ1) is 16.3. The molecular weight excluding hydrogens is 410 g/mol. The van der Waals surface area contributed by atoms with Gasteiger partial charge < -0.3 is 10.1 Å². The Bertz CT molecular complexity index is 595. The van der Waals surface area contributed by atoms with Gasteiger partial charge in [-0.15, -0.1) is 0 Å². The van der Waals surface area contributed by atoms with Gasteiger partial charge in [0.25, 0.3) is 0 Å². The Hall–Kier alpha value is -0.110. The molecule has 1 unspecified atom stereocenters. The summed E-state index contributed by atoms with van der Waals surface area (Å²) in [7, 11) is -1.27. The van der Waals surface area contributed by atoms with Gasteiger partial charge in [0.15, 0.2) is 9.84 Å². The lowest BCUT2D eigenvalue weighted by Crippen LogP contribution is -2.42. The molecule has 0 amide bonds. The van der Waals surface area contributed by atoms with Crippen molar-refractivity contribution in [2.45, 2.75) is 25.4 Å². The second-order valence-corrected chi connectivity index (χ2v) is 9.24. The second-order valence-electron chi connectivity index (χ2n) is 5.35. The maximum absolute atomic E-state index is 11.6. The smallest absolute Gasteiger partial charge is 0.152 e. The van der Waals surface area contributed by atoms with E-state index in [0.29, 0.717) is 13.0 Å². The van der Waals surface area contributed by atoms with Crippen LogP contribution in [0.25, 0.3) is 0 Å². The number of sulfone groups is 1. The number of rotatable bonds is 4. The van der Waals surface area contributed by atoms with Gasteiger partial charge in [0.1, 0.15) is 5.75 Å². The lowest BCUT2D eigenvalue weighted by Gasteiger charge is -2.24. The largest absolute Gasteiger partial charge is 0.494 e. The summed E-state index contributed by atoms with van der Waals surface area (Å²) in [6.45, 7) is 2.58. The molecule has 1 saturated heterocycles. The van der Waals surface area contributed by atoms with Crippen molar-refractivity contribution >= 4 is 41.7 Å². The molecule has 0 radical (unpaired) electrons. The average molecular weight is 427 g/mol. The molecule has 20 heavy (non-hydrogen) atoms. The maximum atomic E-state index is 11.6. The Labute approximate surface area is 136 Å². The Morgan fingerprint density at radius 2 is 1.95 bits per heavy atom. The van der Waals surface area contributed by atoms with Gasteiger partial charge in [-0.3, -0.25) is 0 Å². The van der Waals surface area contributed by atoms with Gasteiger partial charge in [0.2, 0.25) is 0 Å². The van der Waals surface area contributed by atoms with Gasteiger partial charge in [-0.1, -0.05) is 0 Å². The van der Waals surface area contributed by atoms with Crippen molar-refractivity contribution in [2.75, 3.05) is 18.6 Å². The van der Waals surface area contributed by atoms with Gasteiger partial charge in [0.05, 0.1) is 27.6 Å². The Morgan fingerprint density at radius 1 is 1.35 bits per heavy atom. The summed E-state index contributed by atoms with van der Waals surface area (Å²) >= 11 is 6.93. The molecule has 4 nitrogen and oxygen atoms in total. The molecule has 0 aliphatic carbocycles. The molecule has 1 atom stereocenters. The molecule has 0 spiro atoms. The minimum atomic E-state index is -2.89. The van der Waals surface area contributed by atoms with Gasteiger partial charge in [-0.05, 0) is 62.9 Å². The van der Waals surface area contributed by atoms with Crippen molar-refractivity contribution < 1.29 is 13.2 Å². The number of methoxy groups -OCH3 is 1. The first-order valence-electron chi connectivity index (χ1n) is 6.22. The molecule has 1 aromatic carbocycles.